The first kappa shape index (κ1) is 14.6. The summed E-state index contributed by atoms with van der Waals surface area (Å²) < 4.78 is 11.3. The highest BCUT2D eigenvalue weighted by Crippen LogP contribution is 2.41. The van der Waals surface area contributed by atoms with Crippen LogP contribution in [0.15, 0.2) is 12.1 Å². The van der Waals surface area contributed by atoms with E-state index in [4.69, 9.17) is 9.47 Å². The van der Waals surface area contributed by atoms with Gasteiger partial charge in [-0.05, 0) is 25.9 Å². The first-order chi connectivity index (χ1) is 11.3. The third kappa shape index (κ3) is 2.95. The Kier molecular flexibility index (Phi) is 3.99. The largest absolute Gasteiger partial charge is 0.486 e. The molecule has 0 unspecified atom stereocenters. The summed E-state index contributed by atoms with van der Waals surface area (Å²) in [5.41, 5.74) is 1.86. The normalized spacial score (nSPS) is 20.9. The molecule has 3 aliphatic rings. The summed E-state index contributed by atoms with van der Waals surface area (Å²) in [7, 11) is 0. The van der Waals surface area contributed by atoms with E-state index in [1.165, 1.54) is 19.3 Å². The zero-order valence-corrected chi connectivity index (χ0v) is 13.3. The second kappa shape index (κ2) is 6.28. The summed E-state index contributed by atoms with van der Waals surface area (Å²) in [6.07, 6.45) is 3.87. The first-order valence-electron chi connectivity index (χ1n) is 8.51. The molecule has 0 aromatic heterocycles. The zero-order chi connectivity index (χ0) is 15.6. The Morgan fingerprint density at radius 2 is 1.74 bits per heavy atom. The maximum absolute atomic E-state index is 12.4. The Hall–Kier alpha value is -1.95. The molecule has 6 nitrogen and oxygen atoms in total. The standard InChI is InChI=1S/C17H23N3O3/c21-17-12-18-13-10-15-16(23-9-8-22-15)11-14(13)20(17)7-6-19-4-2-1-3-5-19/h10-11,18H,1-9,12H2. The van der Waals surface area contributed by atoms with Crippen molar-refractivity contribution in [1.29, 1.82) is 0 Å². The lowest BCUT2D eigenvalue weighted by Crippen LogP contribution is -2.45. The predicted molar refractivity (Wildman–Crippen MR) is 88.6 cm³/mol. The maximum Gasteiger partial charge on any atom is 0.246 e. The predicted octanol–water partition coefficient (Wildman–Crippen LogP) is 1.70. The van der Waals surface area contributed by atoms with E-state index in [2.05, 4.69) is 10.2 Å². The van der Waals surface area contributed by atoms with Crippen LogP contribution in [0.2, 0.25) is 0 Å². The van der Waals surface area contributed by atoms with Crippen LogP contribution in [0.5, 0.6) is 11.5 Å². The minimum atomic E-state index is 0.117. The Bertz CT molecular complexity index is 599. The fourth-order valence-corrected chi connectivity index (χ4v) is 3.51. The highest BCUT2D eigenvalue weighted by atomic mass is 16.6. The first-order valence-corrected chi connectivity index (χ1v) is 8.51. The number of likely N-dealkylation sites (tertiary alicyclic amines) is 1. The third-order valence-corrected chi connectivity index (χ3v) is 4.77. The van der Waals surface area contributed by atoms with Gasteiger partial charge in [0, 0.05) is 25.2 Å². The van der Waals surface area contributed by atoms with Gasteiger partial charge in [0.25, 0.3) is 0 Å². The molecule has 1 saturated heterocycles. The molecule has 1 aromatic rings. The molecule has 0 saturated carbocycles. The minimum Gasteiger partial charge on any atom is -0.486 e. The van der Waals surface area contributed by atoms with Crippen LogP contribution in [0.1, 0.15) is 19.3 Å². The van der Waals surface area contributed by atoms with E-state index in [1.807, 2.05) is 17.0 Å². The smallest absolute Gasteiger partial charge is 0.246 e. The number of hydrogen-bond donors (Lipinski definition) is 1. The molecule has 124 valence electrons. The van der Waals surface area contributed by atoms with Crippen LogP contribution in [0.25, 0.3) is 0 Å². The van der Waals surface area contributed by atoms with Gasteiger partial charge in [-0.2, -0.15) is 0 Å². The molecule has 23 heavy (non-hydrogen) atoms. The Morgan fingerprint density at radius 1 is 1.00 bits per heavy atom. The van der Waals surface area contributed by atoms with Crippen LogP contribution >= 0.6 is 0 Å². The number of nitrogens with one attached hydrogen (secondary N) is 1. The minimum absolute atomic E-state index is 0.117. The van der Waals surface area contributed by atoms with Gasteiger partial charge in [-0.15, -0.1) is 0 Å². The second-order valence-electron chi connectivity index (χ2n) is 6.31. The molecule has 3 heterocycles. The number of amides is 1. The number of piperidine rings is 1. The van der Waals surface area contributed by atoms with Gasteiger partial charge in [0.1, 0.15) is 13.2 Å². The quantitative estimate of drug-likeness (QED) is 0.920. The van der Waals surface area contributed by atoms with Gasteiger partial charge in [0.15, 0.2) is 11.5 Å². The molecule has 1 fully saturated rings. The van der Waals surface area contributed by atoms with Gasteiger partial charge in [-0.25, -0.2) is 0 Å². The summed E-state index contributed by atoms with van der Waals surface area (Å²) in [4.78, 5) is 16.7. The zero-order valence-electron chi connectivity index (χ0n) is 13.3. The fraction of sp³-hybridized carbons (Fsp3) is 0.588. The van der Waals surface area contributed by atoms with Crippen molar-refractivity contribution in [3.63, 3.8) is 0 Å². The van der Waals surface area contributed by atoms with Crippen LogP contribution in [-0.4, -0.2) is 56.7 Å². The molecule has 6 heteroatoms. The second-order valence-corrected chi connectivity index (χ2v) is 6.31. The van der Waals surface area contributed by atoms with Gasteiger partial charge in [0.2, 0.25) is 5.91 Å². The lowest BCUT2D eigenvalue weighted by molar-refractivity contribution is -0.117. The number of hydrogen-bond acceptors (Lipinski definition) is 5. The lowest BCUT2D eigenvalue weighted by atomic mass is 10.1. The van der Waals surface area contributed by atoms with Gasteiger partial charge in [0.05, 0.1) is 17.9 Å². The van der Waals surface area contributed by atoms with E-state index in [1.54, 1.807) is 0 Å². The summed E-state index contributed by atoms with van der Waals surface area (Å²) in [5.74, 6) is 1.61. The molecular weight excluding hydrogens is 294 g/mol. The number of rotatable bonds is 3. The number of fused-ring (bicyclic) bond motifs is 2. The molecule has 0 radical (unpaired) electrons. The topological polar surface area (TPSA) is 54.0 Å². The van der Waals surface area contributed by atoms with Gasteiger partial charge in [-0.1, -0.05) is 6.42 Å². The van der Waals surface area contributed by atoms with E-state index >= 15 is 0 Å². The van der Waals surface area contributed by atoms with E-state index in [0.717, 1.165) is 49.1 Å². The van der Waals surface area contributed by atoms with Crippen molar-refractivity contribution in [3.05, 3.63) is 12.1 Å². The van der Waals surface area contributed by atoms with Crippen molar-refractivity contribution in [2.75, 3.05) is 56.2 Å². The summed E-state index contributed by atoms with van der Waals surface area (Å²) >= 11 is 0. The Balaban J connectivity index is 1.54. The summed E-state index contributed by atoms with van der Waals surface area (Å²) in [6, 6.07) is 3.88. The van der Waals surface area contributed by atoms with Crippen molar-refractivity contribution in [1.82, 2.24) is 4.90 Å². The monoisotopic (exact) mass is 317 g/mol. The molecule has 1 aromatic carbocycles. The number of ether oxygens (including phenoxy) is 2. The van der Waals surface area contributed by atoms with E-state index in [0.29, 0.717) is 19.8 Å². The molecule has 0 aliphatic carbocycles. The van der Waals surface area contributed by atoms with Crippen molar-refractivity contribution in [2.24, 2.45) is 0 Å². The Labute approximate surface area is 136 Å². The van der Waals surface area contributed by atoms with Crippen LogP contribution in [-0.2, 0) is 4.79 Å². The number of carbonyl (C=O) groups is 1. The average molecular weight is 317 g/mol. The number of benzene rings is 1. The summed E-state index contributed by atoms with van der Waals surface area (Å²) in [5, 5.41) is 3.19. The molecule has 0 spiro atoms. The van der Waals surface area contributed by atoms with Crippen LogP contribution in [0, 0.1) is 0 Å². The number of anilines is 2. The van der Waals surface area contributed by atoms with Crippen LogP contribution in [0.3, 0.4) is 0 Å². The highest BCUT2D eigenvalue weighted by molar-refractivity contribution is 6.03. The molecule has 0 bridgehead atoms. The maximum atomic E-state index is 12.4. The summed E-state index contributed by atoms with van der Waals surface area (Å²) in [6.45, 7) is 5.42. The van der Waals surface area contributed by atoms with E-state index < -0.39 is 0 Å². The van der Waals surface area contributed by atoms with Crippen molar-refractivity contribution in [3.8, 4) is 11.5 Å². The average Bonchev–Trinajstić information content (AvgIpc) is 2.60. The van der Waals surface area contributed by atoms with Crippen molar-refractivity contribution >= 4 is 17.3 Å². The molecule has 4 rings (SSSR count). The molecule has 3 aliphatic heterocycles. The van der Waals surface area contributed by atoms with Crippen molar-refractivity contribution in [2.45, 2.75) is 19.3 Å². The number of nitrogens with zero attached hydrogens (tertiary/aromatic N) is 2. The lowest BCUT2D eigenvalue weighted by Gasteiger charge is -2.34. The third-order valence-electron chi connectivity index (χ3n) is 4.77. The van der Waals surface area contributed by atoms with Gasteiger partial charge < -0.3 is 24.6 Å². The molecule has 1 N–H and O–H groups in total. The molecule has 0 atom stereocenters. The fourth-order valence-electron chi connectivity index (χ4n) is 3.51. The number of carbonyl (C=O) groups excluding carboxylic acids is 1. The molecular formula is C17H23N3O3. The molecule has 1 amide bonds. The van der Waals surface area contributed by atoms with Crippen LogP contribution < -0.4 is 19.7 Å². The van der Waals surface area contributed by atoms with E-state index in [-0.39, 0.29) is 5.91 Å². The van der Waals surface area contributed by atoms with Crippen LogP contribution in [0.4, 0.5) is 11.4 Å². The Morgan fingerprint density at radius 3 is 2.52 bits per heavy atom. The SMILES string of the molecule is O=C1CNc2cc3c(cc2N1CCN1CCCCC1)OCCO3. The van der Waals surface area contributed by atoms with Gasteiger partial charge >= 0.3 is 0 Å². The van der Waals surface area contributed by atoms with E-state index in [9.17, 15) is 4.79 Å². The highest BCUT2D eigenvalue weighted by Gasteiger charge is 2.27. The van der Waals surface area contributed by atoms with Gasteiger partial charge in [-0.3, -0.25) is 4.79 Å². The van der Waals surface area contributed by atoms with Crippen molar-refractivity contribution < 1.29 is 14.3 Å².